The van der Waals surface area contributed by atoms with Crippen molar-refractivity contribution < 1.29 is 4.39 Å². The first kappa shape index (κ1) is 18.5. The number of halogens is 3. The quantitative estimate of drug-likeness (QED) is 0.234. The van der Waals surface area contributed by atoms with Crippen molar-refractivity contribution in [1.29, 1.82) is 0 Å². The van der Waals surface area contributed by atoms with E-state index < -0.39 is 4.18 Å². The zero-order valence-electron chi connectivity index (χ0n) is 10.8. The fourth-order valence-electron chi connectivity index (χ4n) is 1.59. The Labute approximate surface area is 135 Å². The molecule has 4 atom stereocenters. The molecule has 0 aromatic rings. The lowest BCUT2D eigenvalue weighted by atomic mass is 9.96. The van der Waals surface area contributed by atoms with Crippen molar-refractivity contribution in [2.75, 3.05) is 17.5 Å². The van der Waals surface area contributed by atoms with Gasteiger partial charge in [-0.1, -0.05) is 42.0 Å². The first-order valence-electron chi connectivity index (χ1n) is 5.92. The molecule has 0 aliphatic heterocycles. The molecule has 0 aromatic heterocycles. The van der Waals surface area contributed by atoms with Gasteiger partial charge in [-0.25, -0.2) is 4.39 Å². The molecule has 0 amide bonds. The lowest BCUT2D eigenvalue weighted by Crippen LogP contribution is -2.21. The number of hydrogen-bond acceptors (Lipinski definition) is 1. The number of likely N-dealkylation sites (N-methyl/N-ethyl adjacent to an activating group) is 1. The summed E-state index contributed by atoms with van der Waals surface area (Å²) in [5.41, 5.74) is 2.74. The van der Waals surface area contributed by atoms with Crippen molar-refractivity contribution in [3.63, 3.8) is 0 Å². The summed E-state index contributed by atoms with van der Waals surface area (Å²) in [5.74, 6) is 0.587. The van der Waals surface area contributed by atoms with E-state index >= 15 is 0 Å². The smallest absolute Gasteiger partial charge is 0.173 e. The van der Waals surface area contributed by atoms with Gasteiger partial charge in [-0.05, 0) is 59.6 Å². The molecule has 2 unspecified atom stereocenters. The molecule has 0 heterocycles. The van der Waals surface area contributed by atoms with Crippen LogP contribution in [0.15, 0.2) is 11.1 Å². The van der Waals surface area contributed by atoms with E-state index in [2.05, 4.69) is 51.0 Å². The highest BCUT2D eigenvalue weighted by Gasteiger charge is 2.16. The van der Waals surface area contributed by atoms with Crippen molar-refractivity contribution in [2.24, 2.45) is 5.92 Å². The molecular weight excluding hydrogens is 462 g/mol. The van der Waals surface area contributed by atoms with Crippen molar-refractivity contribution in [3.05, 3.63) is 11.1 Å². The van der Waals surface area contributed by atoms with Crippen molar-refractivity contribution >= 4 is 54.4 Å². The molecule has 0 aliphatic carbocycles. The van der Waals surface area contributed by atoms with Gasteiger partial charge in [0.1, 0.15) is 0 Å². The summed E-state index contributed by atoms with van der Waals surface area (Å²) in [7, 11) is 2.89. The molecule has 1 nitrogen and oxygen atoms in total. The number of allylic oxidation sites excluding steroid dienone is 1. The van der Waals surface area contributed by atoms with Crippen LogP contribution in [0.5, 0.6) is 0 Å². The Kier molecular flexibility index (Phi) is 11.2. The molecular formula is C12H23FI2NP. The molecule has 102 valence electrons. The molecule has 1 N–H and O–H groups in total. The third-order valence-electron chi connectivity index (χ3n) is 2.91. The average Bonchev–Trinajstić information content (AvgIpc) is 2.27. The van der Waals surface area contributed by atoms with E-state index in [1.807, 2.05) is 29.5 Å². The van der Waals surface area contributed by atoms with Crippen LogP contribution in [-0.4, -0.2) is 27.4 Å². The second-order valence-electron chi connectivity index (χ2n) is 4.39. The van der Waals surface area contributed by atoms with Gasteiger partial charge < -0.3 is 5.32 Å². The van der Waals surface area contributed by atoms with Gasteiger partial charge in [-0.15, -0.1) is 9.24 Å². The first-order valence-corrected chi connectivity index (χ1v) is 9.36. The SMILES string of the molecule is CCNC/C(=C(/C)CC(C)[C@H](P)CI)[C@@H](F)I. The minimum atomic E-state index is -0.874. The van der Waals surface area contributed by atoms with Gasteiger partial charge in [0.25, 0.3) is 0 Å². The Morgan fingerprint density at radius 1 is 1.47 bits per heavy atom. The summed E-state index contributed by atoms with van der Waals surface area (Å²) in [6.45, 7) is 7.91. The molecule has 0 bridgehead atoms. The minimum Gasteiger partial charge on any atom is -0.313 e. The summed E-state index contributed by atoms with van der Waals surface area (Å²) < 4.78 is 13.8. The highest BCUT2D eigenvalue weighted by atomic mass is 127. The maximum absolute atomic E-state index is 13.6. The van der Waals surface area contributed by atoms with Crippen LogP contribution in [0.25, 0.3) is 0 Å². The van der Waals surface area contributed by atoms with Gasteiger partial charge in [-0.3, -0.25) is 0 Å². The van der Waals surface area contributed by atoms with Crippen LogP contribution < -0.4 is 5.32 Å². The van der Waals surface area contributed by atoms with Crippen LogP contribution in [0, 0.1) is 5.92 Å². The van der Waals surface area contributed by atoms with Crippen LogP contribution in [-0.2, 0) is 0 Å². The fraction of sp³-hybridized carbons (Fsp3) is 0.833. The molecule has 17 heavy (non-hydrogen) atoms. The zero-order valence-corrected chi connectivity index (χ0v) is 16.2. The average molecular weight is 485 g/mol. The molecule has 0 radical (unpaired) electrons. The lowest BCUT2D eigenvalue weighted by molar-refractivity contribution is 0.496. The maximum Gasteiger partial charge on any atom is 0.173 e. The van der Waals surface area contributed by atoms with Gasteiger partial charge in [0.2, 0.25) is 0 Å². The highest BCUT2D eigenvalue weighted by molar-refractivity contribution is 14.1. The predicted octanol–water partition coefficient (Wildman–Crippen LogP) is 4.35. The Morgan fingerprint density at radius 3 is 2.47 bits per heavy atom. The van der Waals surface area contributed by atoms with Gasteiger partial charge in [-0.2, -0.15) is 0 Å². The Morgan fingerprint density at radius 2 is 2.06 bits per heavy atom. The van der Waals surface area contributed by atoms with E-state index in [0.29, 0.717) is 18.1 Å². The molecule has 0 fully saturated rings. The first-order chi connectivity index (χ1) is 7.93. The van der Waals surface area contributed by atoms with Crippen LogP contribution in [0.4, 0.5) is 4.39 Å². The summed E-state index contributed by atoms with van der Waals surface area (Å²) in [6.07, 6.45) is 0.987. The Bertz CT molecular complexity index is 247. The van der Waals surface area contributed by atoms with E-state index in [4.69, 9.17) is 0 Å². The van der Waals surface area contributed by atoms with Crippen molar-refractivity contribution in [1.82, 2.24) is 5.32 Å². The third kappa shape index (κ3) is 7.63. The van der Waals surface area contributed by atoms with Crippen molar-refractivity contribution in [2.45, 2.75) is 37.0 Å². The second kappa shape index (κ2) is 10.3. The zero-order chi connectivity index (χ0) is 13.4. The third-order valence-corrected chi connectivity index (χ3v) is 6.54. The van der Waals surface area contributed by atoms with E-state index in [1.54, 1.807) is 0 Å². The van der Waals surface area contributed by atoms with Crippen LogP contribution in [0.1, 0.15) is 27.2 Å². The molecule has 0 aromatic carbocycles. The van der Waals surface area contributed by atoms with E-state index in [1.165, 1.54) is 5.57 Å². The van der Waals surface area contributed by atoms with Gasteiger partial charge in [0.15, 0.2) is 4.18 Å². The van der Waals surface area contributed by atoms with Crippen LogP contribution in [0.3, 0.4) is 0 Å². The van der Waals surface area contributed by atoms with E-state index in [9.17, 15) is 4.39 Å². The fourth-order valence-corrected chi connectivity index (χ4v) is 3.35. The van der Waals surface area contributed by atoms with Gasteiger partial charge in [0, 0.05) is 11.0 Å². The summed E-state index contributed by atoms with van der Waals surface area (Å²) in [4.78, 5) is 0. The monoisotopic (exact) mass is 485 g/mol. The minimum absolute atomic E-state index is 0.587. The van der Waals surface area contributed by atoms with Crippen molar-refractivity contribution in [3.8, 4) is 0 Å². The largest absolute Gasteiger partial charge is 0.313 e. The maximum atomic E-state index is 13.6. The lowest BCUT2D eigenvalue weighted by Gasteiger charge is -2.20. The summed E-state index contributed by atoms with van der Waals surface area (Å²) >= 11 is 4.27. The molecule has 0 saturated heterocycles. The number of rotatable bonds is 8. The Balaban J connectivity index is 4.59. The second-order valence-corrected chi connectivity index (χ2v) is 7.22. The number of nitrogens with one attached hydrogen (secondary N) is 1. The highest BCUT2D eigenvalue weighted by Crippen LogP contribution is 2.26. The molecule has 0 saturated carbocycles. The standard InChI is InChI=1S/C12H23FI2NP/c1-4-16-7-10(12(13)15)8(2)5-9(3)11(17)6-14/h9,11-12,16H,4-7,17H2,1-3H3/b10-8+/t9?,11-,12+/m1/s1. The van der Waals surface area contributed by atoms with Gasteiger partial charge in [0.05, 0.1) is 0 Å². The molecule has 0 aliphatic rings. The van der Waals surface area contributed by atoms with E-state index in [-0.39, 0.29) is 0 Å². The number of hydrogen-bond donors (Lipinski definition) is 1. The van der Waals surface area contributed by atoms with Gasteiger partial charge >= 0.3 is 0 Å². The van der Waals surface area contributed by atoms with Crippen LogP contribution in [0.2, 0.25) is 0 Å². The molecule has 0 spiro atoms. The van der Waals surface area contributed by atoms with E-state index in [0.717, 1.165) is 23.0 Å². The number of alkyl halides is 3. The summed E-state index contributed by atoms with van der Waals surface area (Å²) in [6, 6.07) is 0. The molecule has 5 heteroatoms. The van der Waals surface area contributed by atoms with Crippen LogP contribution >= 0.6 is 54.4 Å². The Hall–Kier alpha value is 1.52. The summed E-state index contributed by atoms with van der Waals surface area (Å²) in [5, 5.41) is 3.22. The normalized spacial score (nSPS) is 18.5. The molecule has 0 rings (SSSR count). The topological polar surface area (TPSA) is 12.0 Å². The predicted molar refractivity (Wildman–Crippen MR) is 96.3 cm³/mol.